The molecule has 0 saturated carbocycles. The summed E-state index contributed by atoms with van der Waals surface area (Å²) in [4.78, 5) is 9.26. The van der Waals surface area contributed by atoms with Crippen molar-refractivity contribution < 1.29 is 5.11 Å². The molecule has 4 rings (SSSR count). The summed E-state index contributed by atoms with van der Waals surface area (Å²) in [6, 6.07) is 16.9. The van der Waals surface area contributed by atoms with Crippen LogP contribution in [-0.4, -0.2) is 61.8 Å². The normalized spacial score (nSPS) is 21.4. The monoisotopic (exact) mass is 403 g/mol. The largest absolute Gasteiger partial charge is 0.508 e. The van der Waals surface area contributed by atoms with Crippen LogP contribution >= 0.6 is 0 Å². The van der Waals surface area contributed by atoms with Gasteiger partial charge in [0.25, 0.3) is 0 Å². The van der Waals surface area contributed by atoms with Crippen molar-refractivity contribution in [3.8, 4) is 17.1 Å². The molecular formula is C24H29N5O. The summed E-state index contributed by atoms with van der Waals surface area (Å²) in [6.45, 7) is 11.3. The van der Waals surface area contributed by atoms with Crippen molar-refractivity contribution in [2.45, 2.75) is 32.0 Å². The molecule has 2 heterocycles. The molecule has 1 aliphatic heterocycles. The van der Waals surface area contributed by atoms with E-state index in [9.17, 15) is 5.11 Å². The number of rotatable bonds is 6. The molecule has 6 heteroatoms. The predicted molar refractivity (Wildman–Crippen MR) is 119 cm³/mol. The number of phenols is 1. The number of nitrogens with zero attached hydrogens (tertiary/aromatic N) is 4. The molecule has 0 bridgehead atoms. The molecule has 0 spiro atoms. The number of hydrogen-bond donors (Lipinski definition) is 2. The molecular weight excluding hydrogens is 374 g/mol. The highest BCUT2D eigenvalue weighted by atomic mass is 16.3. The molecule has 3 aromatic rings. The predicted octanol–water partition coefficient (Wildman–Crippen LogP) is 3.85. The minimum absolute atomic E-state index is 0.0595. The Hall–Kier alpha value is -2.96. The Balaban J connectivity index is 1.69. The van der Waals surface area contributed by atoms with Gasteiger partial charge in [0.2, 0.25) is 0 Å². The van der Waals surface area contributed by atoms with Gasteiger partial charge in [-0.25, -0.2) is 4.98 Å². The molecule has 0 aliphatic carbocycles. The second-order valence-corrected chi connectivity index (χ2v) is 8.09. The maximum Gasteiger partial charge on any atom is 0.155 e. The highest BCUT2D eigenvalue weighted by Gasteiger charge is 2.34. The second kappa shape index (κ2) is 8.81. The molecule has 1 fully saturated rings. The van der Waals surface area contributed by atoms with E-state index < -0.39 is 0 Å². The summed E-state index contributed by atoms with van der Waals surface area (Å²) in [7, 11) is 0. The van der Waals surface area contributed by atoms with Crippen LogP contribution < -0.4 is 0 Å². The van der Waals surface area contributed by atoms with Crippen molar-refractivity contribution in [1.82, 2.24) is 25.0 Å². The van der Waals surface area contributed by atoms with Gasteiger partial charge in [0.1, 0.15) is 12.1 Å². The number of hydrogen-bond acceptors (Lipinski definition) is 5. The summed E-state index contributed by atoms with van der Waals surface area (Å²) < 4.78 is 0. The van der Waals surface area contributed by atoms with Gasteiger partial charge in [-0.3, -0.25) is 14.9 Å². The Labute approximate surface area is 177 Å². The van der Waals surface area contributed by atoms with Gasteiger partial charge in [0, 0.05) is 37.3 Å². The standard InChI is InChI=1S/C24H29N5O/c1-4-12-28-14-18(3)29(15-17(28)2)23(21-6-5-7-22(30)13-21)19-8-10-20(11-9-19)24-25-16-26-27-24/h4-11,13,16-18,23,30H,1,12,14-15H2,2-3H3,(H,25,26,27)/t17-,18+,23-/m1/s1. The highest BCUT2D eigenvalue weighted by Crippen LogP contribution is 2.35. The van der Waals surface area contributed by atoms with Crippen LogP contribution in [0.1, 0.15) is 31.0 Å². The Morgan fingerprint density at radius 2 is 1.93 bits per heavy atom. The average Bonchev–Trinajstić information content (AvgIpc) is 3.27. The minimum Gasteiger partial charge on any atom is -0.508 e. The number of benzene rings is 2. The Bertz CT molecular complexity index is 970. The summed E-state index contributed by atoms with van der Waals surface area (Å²) >= 11 is 0. The van der Waals surface area contributed by atoms with Crippen LogP contribution in [0.4, 0.5) is 0 Å². The van der Waals surface area contributed by atoms with Crippen molar-refractivity contribution in [1.29, 1.82) is 0 Å². The van der Waals surface area contributed by atoms with Crippen LogP contribution in [0, 0.1) is 0 Å². The van der Waals surface area contributed by atoms with Gasteiger partial charge in [-0.15, -0.1) is 6.58 Å². The van der Waals surface area contributed by atoms with Crippen molar-refractivity contribution in [3.63, 3.8) is 0 Å². The fraction of sp³-hybridized carbons (Fsp3) is 0.333. The smallest absolute Gasteiger partial charge is 0.155 e. The molecule has 0 amide bonds. The molecule has 30 heavy (non-hydrogen) atoms. The topological polar surface area (TPSA) is 68.3 Å². The van der Waals surface area contributed by atoms with Crippen LogP contribution in [0.5, 0.6) is 5.75 Å². The molecule has 0 unspecified atom stereocenters. The SMILES string of the molecule is C=CCN1C[C@H](C)N([C@H](c2ccc(-c3ncn[nH]3)cc2)c2cccc(O)c2)C[C@H]1C. The number of phenolic OH excluding ortho intramolecular Hbond substituents is 1. The maximum atomic E-state index is 10.1. The Morgan fingerprint density at radius 3 is 2.60 bits per heavy atom. The van der Waals surface area contributed by atoms with Gasteiger partial charge < -0.3 is 5.11 Å². The molecule has 0 radical (unpaired) electrons. The lowest BCUT2D eigenvalue weighted by molar-refractivity contribution is 0.0306. The van der Waals surface area contributed by atoms with Gasteiger partial charge in [-0.2, -0.15) is 5.10 Å². The van der Waals surface area contributed by atoms with Crippen LogP contribution in [0.15, 0.2) is 67.5 Å². The van der Waals surface area contributed by atoms with Gasteiger partial charge in [0.05, 0.1) is 6.04 Å². The van der Waals surface area contributed by atoms with E-state index >= 15 is 0 Å². The lowest BCUT2D eigenvalue weighted by Gasteiger charge is -2.47. The first-order valence-electron chi connectivity index (χ1n) is 10.4. The van der Waals surface area contributed by atoms with E-state index in [1.54, 1.807) is 6.07 Å². The van der Waals surface area contributed by atoms with E-state index in [0.29, 0.717) is 17.8 Å². The highest BCUT2D eigenvalue weighted by molar-refractivity contribution is 5.55. The molecule has 2 N–H and O–H groups in total. The second-order valence-electron chi connectivity index (χ2n) is 8.09. The van der Waals surface area contributed by atoms with Gasteiger partial charge >= 0.3 is 0 Å². The fourth-order valence-corrected chi connectivity index (χ4v) is 4.44. The van der Waals surface area contributed by atoms with Gasteiger partial charge in [-0.1, -0.05) is 42.5 Å². The minimum atomic E-state index is 0.0595. The zero-order valence-corrected chi connectivity index (χ0v) is 17.6. The first-order chi connectivity index (χ1) is 14.6. The third kappa shape index (κ3) is 4.15. The van der Waals surface area contributed by atoms with Crippen molar-refractivity contribution in [3.05, 3.63) is 78.6 Å². The lowest BCUT2D eigenvalue weighted by atomic mass is 9.92. The van der Waals surface area contributed by atoms with Crippen LogP contribution in [0.25, 0.3) is 11.4 Å². The van der Waals surface area contributed by atoms with E-state index in [4.69, 9.17) is 0 Å². The van der Waals surface area contributed by atoms with Crippen molar-refractivity contribution in [2.75, 3.05) is 19.6 Å². The van der Waals surface area contributed by atoms with E-state index in [-0.39, 0.29) is 6.04 Å². The van der Waals surface area contributed by atoms with E-state index in [0.717, 1.165) is 36.6 Å². The Morgan fingerprint density at radius 1 is 1.13 bits per heavy atom. The zero-order chi connectivity index (χ0) is 21.1. The van der Waals surface area contributed by atoms with Crippen LogP contribution in [0.3, 0.4) is 0 Å². The van der Waals surface area contributed by atoms with E-state index in [2.05, 4.69) is 75.7 Å². The summed E-state index contributed by atoms with van der Waals surface area (Å²) in [6.07, 6.45) is 3.50. The number of aromatic hydroxyl groups is 1. The molecule has 1 aliphatic rings. The quantitative estimate of drug-likeness (QED) is 0.612. The number of piperazine rings is 1. The third-order valence-electron chi connectivity index (χ3n) is 5.96. The first kappa shape index (κ1) is 20.3. The van der Waals surface area contributed by atoms with Crippen molar-refractivity contribution in [2.24, 2.45) is 0 Å². The van der Waals surface area contributed by atoms with E-state index in [1.165, 1.54) is 11.9 Å². The maximum absolute atomic E-state index is 10.1. The summed E-state index contributed by atoms with van der Waals surface area (Å²) in [5.74, 6) is 1.05. The van der Waals surface area contributed by atoms with Crippen LogP contribution in [0.2, 0.25) is 0 Å². The molecule has 1 aromatic heterocycles. The first-order valence-corrected chi connectivity index (χ1v) is 10.4. The molecule has 6 nitrogen and oxygen atoms in total. The number of aromatic amines is 1. The van der Waals surface area contributed by atoms with Crippen LogP contribution in [-0.2, 0) is 0 Å². The summed E-state index contributed by atoms with van der Waals surface area (Å²) in [5.41, 5.74) is 3.29. The third-order valence-corrected chi connectivity index (χ3v) is 5.96. The fourth-order valence-electron chi connectivity index (χ4n) is 4.44. The van der Waals surface area contributed by atoms with Crippen molar-refractivity contribution >= 4 is 0 Å². The molecule has 3 atom stereocenters. The lowest BCUT2D eigenvalue weighted by Crippen LogP contribution is -2.57. The summed E-state index contributed by atoms with van der Waals surface area (Å²) in [5, 5.41) is 17.0. The number of nitrogens with one attached hydrogen (secondary N) is 1. The molecule has 2 aromatic carbocycles. The molecule has 156 valence electrons. The van der Waals surface area contributed by atoms with Gasteiger partial charge in [0.15, 0.2) is 5.82 Å². The number of aromatic nitrogens is 3. The van der Waals surface area contributed by atoms with E-state index in [1.807, 2.05) is 18.2 Å². The Kier molecular flexibility index (Phi) is 5.97. The molecule has 1 saturated heterocycles. The van der Waals surface area contributed by atoms with Gasteiger partial charge in [-0.05, 0) is 37.1 Å². The average molecular weight is 404 g/mol. The zero-order valence-electron chi connectivity index (χ0n) is 17.6. The number of H-pyrrole nitrogens is 1.